The molecule has 0 aliphatic carbocycles. The molecular formula is C21H35NO2. The van der Waals surface area contributed by atoms with Crippen molar-refractivity contribution in [1.82, 2.24) is 5.32 Å². The third-order valence-corrected chi connectivity index (χ3v) is 4.39. The summed E-state index contributed by atoms with van der Waals surface area (Å²) in [5, 5.41) is 12.6. The molecule has 0 aromatic heterocycles. The minimum Gasteiger partial charge on any atom is -0.481 e. The molecular weight excluding hydrogens is 298 g/mol. The van der Waals surface area contributed by atoms with Gasteiger partial charge in [0.1, 0.15) is 0 Å². The maximum absolute atomic E-state index is 11.3. The standard InChI is InChI=1S/C21H35NO2/c1-15(2)11-18(20(23)24)14-22-13-16(3)12-17-7-9-19(10-8-17)21(4,5)6/h7-10,15-16,18,22H,11-14H2,1-6H3,(H,23,24). The monoisotopic (exact) mass is 333 g/mol. The topological polar surface area (TPSA) is 49.3 Å². The number of carbonyl (C=O) groups is 1. The number of benzene rings is 1. The summed E-state index contributed by atoms with van der Waals surface area (Å²) in [6.07, 6.45) is 1.74. The maximum Gasteiger partial charge on any atom is 0.307 e. The fourth-order valence-corrected chi connectivity index (χ4v) is 2.96. The molecule has 0 saturated heterocycles. The fourth-order valence-electron chi connectivity index (χ4n) is 2.96. The van der Waals surface area contributed by atoms with Crippen molar-refractivity contribution < 1.29 is 9.90 Å². The number of carboxylic acids is 1. The number of carboxylic acid groups (broad SMARTS) is 1. The molecule has 3 nitrogen and oxygen atoms in total. The second-order valence-electron chi connectivity index (χ2n) is 8.58. The van der Waals surface area contributed by atoms with E-state index in [1.54, 1.807) is 0 Å². The molecule has 2 atom stereocenters. The van der Waals surface area contributed by atoms with Crippen LogP contribution in [0, 0.1) is 17.8 Å². The molecule has 136 valence electrons. The van der Waals surface area contributed by atoms with Crippen molar-refractivity contribution in [1.29, 1.82) is 0 Å². The number of nitrogens with one attached hydrogen (secondary N) is 1. The van der Waals surface area contributed by atoms with Crippen molar-refractivity contribution in [2.45, 2.75) is 59.8 Å². The van der Waals surface area contributed by atoms with E-state index in [1.165, 1.54) is 11.1 Å². The highest BCUT2D eigenvalue weighted by Gasteiger charge is 2.18. The van der Waals surface area contributed by atoms with Gasteiger partial charge in [0, 0.05) is 6.54 Å². The first-order chi connectivity index (χ1) is 11.1. The molecule has 0 aliphatic heterocycles. The van der Waals surface area contributed by atoms with Gasteiger partial charge < -0.3 is 10.4 Å². The van der Waals surface area contributed by atoms with Crippen molar-refractivity contribution in [2.75, 3.05) is 13.1 Å². The number of rotatable bonds is 9. The van der Waals surface area contributed by atoms with Gasteiger partial charge in [-0.15, -0.1) is 0 Å². The minimum atomic E-state index is -0.693. The molecule has 0 heterocycles. The molecule has 2 N–H and O–H groups in total. The van der Waals surface area contributed by atoms with E-state index >= 15 is 0 Å². The van der Waals surface area contributed by atoms with Crippen molar-refractivity contribution in [2.24, 2.45) is 17.8 Å². The third-order valence-electron chi connectivity index (χ3n) is 4.39. The molecule has 1 aromatic carbocycles. The fraction of sp³-hybridized carbons (Fsp3) is 0.667. The van der Waals surface area contributed by atoms with E-state index in [9.17, 15) is 9.90 Å². The summed E-state index contributed by atoms with van der Waals surface area (Å²) < 4.78 is 0. The average molecular weight is 334 g/mol. The number of hydrogen-bond donors (Lipinski definition) is 2. The summed E-state index contributed by atoms with van der Waals surface area (Å²) in [5.74, 6) is -0.0875. The Kier molecular flexibility index (Phi) is 7.95. The largest absolute Gasteiger partial charge is 0.481 e. The van der Waals surface area contributed by atoms with Crippen LogP contribution in [-0.2, 0) is 16.6 Å². The van der Waals surface area contributed by atoms with E-state index in [2.05, 4.69) is 71.1 Å². The lowest BCUT2D eigenvalue weighted by atomic mass is 9.86. The zero-order valence-corrected chi connectivity index (χ0v) is 16.2. The Hall–Kier alpha value is -1.35. The number of hydrogen-bond acceptors (Lipinski definition) is 2. The quantitative estimate of drug-likeness (QED) is 0.699. The minimum absolute atomic E-state index is 0.188. The van der Waals surface area contributed by atoms with Gasteiger partial charge in [0.05, 0.1) is 5.92 Å². The first-order valence-corrected chi connectivity index (χ1v) is 9.12. The van der Waals surface area contributed by atoms with E-state index in [4.69, 9.17) is 0 Å². The Balaban J connectivity index is 2.43. The summed E-state index contributed by atoms with van der Waals surface area (Å²) in [7, 11) is 0. The molecule has 3 heteroatoms. The summed E-state index contributed by atoms with van der Waals surface area (Å²) in [6.45, 7) is 14.4. The first kappa shape index (κ1) is 20.7. The number of aliphatic carboxylic acids is 1. The van der Waals surface area contributed by atoms with E-state index in [-0.39, 0.29) is 11.3 Å². The van der Waals surface area contributed by atoms with Gasteiger partial charge in [0.25, 0.3) is 0 Å². The molecule has 0 saturated carbocycles. The van der Waals surface area contributed by atoms with Crippen molar-refractivity contribution in [3.63, 3.8) is 0 Å². The van der Waals surface area contributed by atoms with E-state index in [1.807, 2.05) is 0 Å². The lowest BCUT2D eigenvalue weighted by Gasteiger charge is -2.20. The summed E-state index contributed by atoms with van der Waals surface area (Å²) >= 11 is 0. The zero-order valence-electron chi connectivity index (χ0n) is 16.2. The predicted molar refractivity (Wildman–Crippen MR) is 101 cm³/mol. The van der Waals surface area contributed by atoms with Gasteiger partial charge in [-0.1, -0.05) is 65.8 Å². The van der Waals surface area contributed by atoms with Gasteiger partial charge in [-0.25, -0.2) is 0 Å². The Labute approximate surface area is 147 Å². The Morgan fingerprint density at radius 2 is 1.67 bits per heavy atom. The van der Waals surface area contributed by atoms with Crippen LogP contribution in [0.3, 0.4) is 0 Å². The molecule has 1 rings (SSSR count). The van der Waals surface area contributed by atoms with Crippen LogP contribution >= 0.6 is 0 Å². The summed E-state index contributed by atoms with van der Waals surface area (Å²) in [5.41, 5.74) is 2.89. The second-order valence-corrected chi connectivity index (χ2v) is 8.58. The second kappa shape index (κ2) is 9.22. The zero-order chi connectivity index (χ0) is 18.3. The predicted octanol–water partition coefficient (Wildman–Crippen LogP) is 4.50. The smallest absolute Gasteiger partial charge is 0.307 e. The van der Waals surface area contributed by atoms with E-state index in [0.717, 1.165) is 19.4 Å². The van der Waals surface area contributed by atoms with Crippen LogP contribution in [0.4, 0.5) is 0 Å². The van der Waals surface area contributed by atoms with Crippen LogP contribution in [0.25, 0.3) is 0 Å². The van der Waals surface area contributed by atoms with Gasteiger partial charge in [-0.3, -0.25) is 4.79 Å². The summed E-state index contributed by atoms with van der Waals surface area (Å²) in [4.78, 5) is 11.3. The normalized spacial score (nSPS) is 14.6. The molecule has 1 aromatic rings. The van der Waals surface area contributed by atoms with E-state index in [0.29, 0.717) is 18.4 Å². The van der Waals surface area contributed by atoms with E-state index < -0.39 is 5.97 Å². The Morgan fingerprint density at radius 1 is 1.08 bits per heavy atom. The van der Waals surface area contributed by atoms with Crippen molar-refractivity contribution >= 4 is 5.97 Å². The van der Waals surface area contributed by atoms with Crippen LogP contribution in [0.2, 0.25) is 0 Å². The Morgan fingerprint density at radius 3 is 2.12 bits per heavy atom. The molecule has 0 fully saturated rings. The molecule has 0 aliphatic rings. The van der Waals surface area contributed by atoms with Gasteiger partial charge in [-0.2, -0.15) is 0 Å². The highest BCUT2D eigenvalue weighted by Crippen LogP contribution is 2.22. The van der Waals surface area contributed by atoms with Crippen LogP contribution in [0.5, 0.6) is 0 Å². The molecule has 2 unspecified atom stereocenters. The third kappa shape index (κ3) is 7.48. The lowest BCUT2D eigenvalue weighted by Crippen LogP contribution is -2.32. The lowest BCUT2D eigenvalue weighted by molar-refractivity contribution is -0.142. The average Bonchev–Trinajstić information content (AvgIpc) is 2.45. The summed E-state index contributed by atoms with van der Waals surface area (Å²) in [6, 6.07) is 8.88. The maximum atomic E-state index is 11.3. The first-order valence-electron chi connectivity index (χ1n) is 9.12. The highest BCUT2D eigenvalue weighted by molar-refractivity contribution is 5.70. The molecule has 24 heavy (non-hydrogen) atoms. The van der Waals surface area contributed by atoms with Crippen LogP contribution in [0.1, 0.15) is 59.1 Å². The van der Waals surface area contributed by atoms with Crippen molar-refractivity contribution in [3.05, 3.63) is 35.4 Å². The van der Waals surface area contributed by atoms with Crippen LogP contribution < -0.4 is 5.32 Å². The van der Waals surface area contributed by atoms with Gasteiger partial charge >= 0.3 is 5.97 Å². The molecule has 0 amide bonds. The van der Waals surface area contributed by atoms with Crippen molar-refractivity contribution in [3.8, 4) is 0 Å². The Bertz CT molecular complexity index is 500. The van der Waals surface area contributed by atoms with Gasteiger partial charge in [0.2, 0.25) is 0 Å². The van der Waals surface area contributed by atoms with Crippen LogP contribution in [0.15, 0.2) is 24.3 Å². The van der Waals surface area contributed by atoms with Crippen LogP contribution in [-0.4, -0.2) is 24.2 Å². The molecule has 0 spiro atoms. The van der Waals surface area contributed by atoms with Gasteiger partial charge in [-0.05, 0) is 47.8 Å². The SMILES string of the molecule is CC(C)CC(CNCC(C)Cc1ccc(C(C)(C)C)cc1)C(=O)O. The molecule has 0 radical (unpaired) electrons. The van der Waals surface area contributed by atoms with Gasteiger partial charge in [0.15, 0.2) is 0 Å². The highest BCUT2D eigenvalue weighted by atomic mass is 16.4. The molecule has 0 bridgehead atoms.